The summed E-state index contributed by atoms with van der Waals surface area (Å²) in [4.78, 5) is 12.7. The third kappa shape index (κ3) is 3.51. The van der Waals surface area contributed by atoms with E-state index in [-0.39, 0.29) is 12.1 Å². The third-order valence-electron chi connectivity index (χ3n) is 2.40. The lowest BCUT2D eigenvalue weighted by Crippen LogP contribution is -2.36. The molecule has 0 saturated heterocycles. The molecule has 2 rings (SSSR count). The van der Waals surface area contributed by atoms with Gasteiger partial charge in [0.1, 0.15) is 0 Å². The summed E-state index contributed by atoms with van der Waals surface area (Å²) in [6.45, 7) is 2.36. The Bertz CT molecular complexity index is 510. The van der Waals surface area contributed by atoms with Crippen molar-refractivity contribution in [3.05, 3.63) is 45.5 Å². The highest BCUT2D eigenvalue weighted by molar-refractivity contribution is 7.16. The first kappa shape index (κ1) is 13.0. The molecule has 0 aliphatic carbocycles. The minimum absolute atomic E-state index is 0.0631. The van der Waals surface area contributed by atoms with Gasteiger partial charge in [-0.25, -0.2) is 4.79 Å². The molecular weight excluding hydrogens is 272 g/mol. The molecular formula is C12H13ClN2O2S. The number of amides is 2. The van der Waals surface area contributed by atoms with E-state index in [1.165, 1.54) is 11.3 Å². The van der Waals surface area contributed by atoms with Crippen LogP contribution in [0.3, 0.4) is 0 Å². The Kier molecular flexibility index (Phi) is 4.28. The first-order valence-corrected chi connectivity index (χ1v) is 6.65. The zero-order valence-corrected chi connectivity index (χ0v) is 11.3. The lowest BCUT2D eigenvalue weighted by Gasteiger charge is -2.12. The van der Waals surface area contributed by atoms with Crippen molar-refractivity contribution in [2.24, 2.45) is 0 Å². The topological polar surface area (TPSA) is 54.3 Å². The molecule has 0 spiro atoms. The number of halogens is 1. The standard InChI is InChI=1S/C12H13ClN2O2S/c1-8(10-2-3-11(13)18-10)15-12(16)14-6-9-4-5-17-7-9/h2-5,7-8H,6H2,1H3,(H2,14,15,16). The fourth-order valence-electron chi connectivity index (χ4n) is 1.46. The van der Waals surface area contributed by atoms with E-state index in [1.54, 1.807) is 12.5 Å². The van der Waals surface area contributed by atoms with Crippen LogP contribution in [0, 0.1) is 0 Å². The monoisotopic (exact) mass is 284 g/mol. The maximum atomic E-state index is 11.6. The number of hydrogen-bond acceptors (Lipinski definition) is 3. The van der Waals surface area contributed by atoms with Crippen molar-refractivity contribution in [2.75, 3.05) is 0 Å². The van der Waals surface area contributed by atoms with Gasteiger partial charge in [0.05, 0.1) is 22.9 Å². The van der Waals surface area contributed by atoms with Crippen molar-refractivity contribution in [1.29, 1.82) is 0 Å². The van der Waals surface area contributed by atoms with E-state index in [1.807, 2.05) is 25.1 Å². The van der Waals surface area contributed by atoms with Crippen LogP contribution in [-0.4, -0.2) is 6.03 Å². The van der Waals surface area contributed by atoms with Crippen LogP contribution in [0.5, 0.6) is 0 Å². The zero-order chi connectivity index (χ0) is 13.0. The third-order valence-corrected chi connectivity index (χ3v) is 3.82. The van der Waals surface area contributed by atoms with Crippen LogP contribution in [-0.2, 0) is 6.54 Å². The van der Waals surface area contributed by atoms with E-state index in [4.69, 9.17) is 16.0 Å². The Morgan fingerprint density at radius 3 is 2.94 bits per heavy atom. The Labute approximate surface area is 114 Å². The molecule has 0 bridgehead atoms. The molecule has 96 valence electrons. The van der Waals surface area contributed by atoms with Gasteiger partial charge in [-0.15, -0.1) is 11.3 Å². The number of carbonyl (C=O) groups excluding carboxylic acids is 1. The van der Waals surface area contributed by atoms with Crippen LogP contribution >= 0.6 is 22.9 Å². The fourth-order valence-corrected chi connectivity index (χ4v) is 2.52. The maximum Gasteiger partial charge on any atom is 0.315 e. The first-order chi connectivity index (χ1) is 8.65. The highest BCUT2D eigenvalue weighted by Crippen LogP contribution is 2.26. The van der Waals surface area contributed by atoms with Gasteiger partial charge in [0.2, 0.25) is 0 Å². The van der Waals surface area contributed by atoms with Gasteiger partial charge in [0.15, 0.2) is 0 Å². The molecule has 0 aliphatic rings. The van der Waals surface area contributed by atoms with Crippen molar-refractivity contribution < 1.29 is 9.21 Å². The van der Waals surface area contributed by atoms with Crippen molar-refractivity contribution >= 4 is 29.0 Å². The smallest absolute Gasteiger partial charge is 0.315 e. The lowest BCUT2D eigenvalue weighted by atomic mass is 10.3. The number of rotatable bonds is 4. The van der Waals surface area contributed by atoms with Crippen LogP contribution in [0.15, 0.2) is 35.1 Å². The van der Waals surface area contributed by atoms with Crippen molar-refractivity contribution in [3.63, 3.8) is 0 Å². The van der Waals surface area contributed by atoms with E-state index < -0.39 is 0 Å². The summed E-state index contributed by atoms with van der Waals surface area (Å²) in [5, 5.41) is 5.60. The van der Waals surface area contributed by atoms with Crippen LogP contribution < -0.4 is 10.6 Å². The van der Waals surface area contributed by atoms with E-state index in [0.717, 1.165) is 14.8 Å². The summed E-state index contributed by atoms with van der Waals surface area (Å²) in [5.74, 6) is 0. The Morgan fingerprint density at radius 1 is 1.50 bits per heavy atom. The average Bonchev–Trinajstić information content (AvgIpc) is 2.97. The Balaban J connectivity index is 1.80. The fraction of sp³-hybridized carbons (Fsp3) is 0.250. The van der Waals surface area contributed by atoms with Gasteiger partial charge in [0.25, 0.3) is 0 Å². The van der Waals surface area contributed by atoms with Crippen LogP contribution in [0.2, 0.25) is 4.34 Å². The summed E-state index contributed by atoms with van der Waals surface area (Å²) in [6, 6.07) is 5.26. The molecule has 2 amide bonds. The molecule has 0 saturated carbocycles. The predicted molar refractivity (Wildman–Crippen MR) is 71.8 cm³/mol. The molecule has 1 atom stereocenters. The first-order valence-electron chi connectivity index (χ1n) is 5.46. The molecule has 2 heterocycles. The Morgan fingerprint density at radius 2 is 2.33 bits per heavy atom. The van der Waals surface area contributed by atoms with Crippen LogP contribution in [0.4, 0.5) is 4.79 Å². The molecule has 0 aliphatic heterocycles. The molecule has 0 radical (unpaired) electrons. The zero-order valence-electron chi connectivity index (χ0n) is 9.77. The molecule has 2 N–H and O–H groups in total. The molecule has 0 fully saturated rings. The summed E-state index contributed by atoms with van der Waals surface area (Å²) in [6.07, 6.45) is 3.17. The molecule has 2 aromatic heterocycles. The van der Waals surface area contributed by atoms with Gasteiger partial charge in [-0.2, -0.15) is 0 Å². The molecule has 0 aromatic carbocycles. The van der Waals surface area contributed by atoms with E-state index in [9.17, 15) is 4.79 Å². The van der Waals surface area contributed by atoms with Crippen molar-refractivity contribution in [1.82, 2.24) is 10.6 Å². The number of hydrogen-bond donors (Lipinski definition) is 2. The van der Waals surface area contributed by atoms with Gasteiger partial charge in [0, 0.05) is 17.0 Å². The van der Waals surface area contributed by atoms with Gasteiger partial charge in [-0.1, -0.05) is 11.6 Å². The second-order valence-corrected chi connectivity index (χ2v) is 5.57. The second-order valence-electron chi connectivity index (χ2n) is 3.82. The lowest BCUT2D eigenvalue weighted by molar-refractivity contribution is 0.237. The number of thiophene rings is 1. The highest BCUT2D eigenvalue weighted by Gasteiger charge is 2.11. The number of urea groups is 1. The van der Waals surface area contributed by atoms with Crippen molar-refractivity contribution in [3.8, 4) is 0 Å². The summed E-state index contributed by atoms with van der Waals surface area (Å²) >= 11 is 7.31. The van der Waals surface area contributed by atoms with Gasteiger partial charge in [-0.3, -0.25) is 0 Å². The minimum atomic E-state index is -0.215. The van der Waals surface area contributed by atoms with Gasteiger partial charge < -0.3 is 15.1 Å². The van der Waals surface area contributed by atoms with Gasteiger partial charge in [-0.05, 0) is 25.1 Å². The highest BCUT2D eigenvalue weighted by atomic mass is 35.5. The van der Waals surface area contributed by atoms with E-state index >= 15 is 0 Å². The predicted octanol–water partition coefficient (Wildman–Crippen LogP) is 3.55. The Hall–Kier alpha value is -1.46. The minimum Gasteiger partial charge on any atom is -0.472 e. The molecule has 1 unspecified atom stereocenters. The van der Waals surface area contributed by atoms with E-state index in [2.05, 4.69) is 10.6 Å². The molecule has 18 heavy (non-hydrogen) atoms. The summed E-state index contributed by atoms with van der Waals surface area (Å²) in [7, 11) is 0. The van der Waals surface area contributed by atoms with Crippen LogP contribution in [0.1, 0.15) is 23.4 Å². The second kappa shape index (κ2) is 5.93. The largest absolute Gasteiger partial charge is 0.472 e. The normalized spacial score (nSPS) is 12.1. The van der Waals surface area contributed by atoms with Crippen molar-refractivity contribution in [2.45, 2.75) is 19.5 Å². The number of carbonyl (C=O) groups is 1. The maximum absolute atomic E-state index is 11.6. The SMILES string of the molecule is CC(NC(=O)NCc1ccoc1)c1ccc(Cl)s1. The molecule has 4 nitrogen and oxygen atoms in total. The number of nitrogens with one attached hydrogen (secondary N) is 2. The molecule has 2 aromatic rings. The number of furan rings is 1. The summed E-state index contributed by atoms with van der Waals surface area (Å²) in [5.41, 5.74) is 0.928. The average molecular weight is 285 g/mol. The quantitative estimate of drug-likeness (QED) is 0.902. The van der Waals surface area contributed by atoms with Crippen LogP contribution in [0.25, 0.3) is 0 Å². The summed E-state index contributed by atoms with van der Waals surface area (Å²) < 4.78 is 5.64. The van der Waals surface area contributed by atoms with Gasteiger partial charge >= 0.3 is 6.03 Å². The molecule has 6 heteroatoms. The van der Waals surface area contributed by atoms with E-state index in [0.29, 0.717) is 6.54 Å².